The molecule has 0 spiro atoms. The Balaban J connectivity index is 0.972. The monoisotopic (exact) mass is 628 g/mol. The Morgan fingerprint density at radius 1 is 0.531 bits per heavy atom. The van der Waals surface area contributed by atoms with E-state index >= 15 is 0 Å². The lowest BCUT2D eigenvalue weighted by atomic mass is 9.82. The highest BCUT2D eigenvalue weighted by atomic mass is 15.0. The molecule has 2 heteroatoms. The van der Waals surface area contributed by atoms with Crippen molar-refractivity contribution >= 4 is 50.9 Å². The minimum absolute atomic E-state index is 0.113. The van der Waals surface area contributed by atoms with Gasteiger partial charge in [0.2, 0.25) is 0 Å². The summed E-state index contributed by atoms with van der Waals surface area (Å²) in [4.78, 5) is 0. The molecular weight excluding hydrogens is 593 g/mol. The highest BCUT2D eigenvalue weighted by molar-refractivity contribution is 6.09. The van der Waals surface area contributed by atoms with Crippen LogP contribution in [0, 0.1) is 0 Å². The van der Waals surface area contributed by atoms with E-state index in [2.05, 4.69) is 181 Å². The van der Waals surface area contributed by atoms with Crippen LogP contribution in [0.2, 0.25) is 0 Å². The summed E-state index contributed by atoms with van der Waals surface area (Å²) < 4.78 is 4.84. The van der Waals surface area contributed by atoms with Gasteiger partial charge in [-0.3, -0.25) is 0 Å². The predicted octanol–water partition coefficient (Wildman–Crippen LogP) is 12.2. The molecule has 0 amide bonds. The quantitative estimate of drug-likeness (QED) is 0.172. The van der Waals surface area contributed by atoms with Crippen molar-refractivity contribution in [3.63, 3.8) is 0 Å². The van der Waals surface area contributed by atoms with Gasteiger partial charge in [-0.25, -0.2) is 0 Å². The molecule has 0 atom stereocenters. The number of hydrogen-bond acceptors (Lipinski definition) is 0. The number of nitrogens with zero attached hydrogens (tertiary/aromatic N) is 2. The molecule has 0 unspecified atom stereocenters. The minimum atomic E-state index is -0.113. The average molecular weight is 629 g/mol. The number of aromatic nitrogens is 2. The van der Waals surface area contributed by atoms with E-state index in [-0.39, 0.29) is 5.41 Å². The van der Waals surface area contributed by atoms with E-state index in [9.17, 15) is 0 Å². The van der Waals surface area contributed by atoms with Crippen molar-refractivity contribution in [2.75, 3.05) is 0 Å². The van der Waals surface area contributed by atoms with E-state index in [0.717, 1.165) is 12.8 Å². The molecule has 2 heterocycles. The lowest BCUT2D eigenvalue weighted by molar-refractivity contribution is 0.659. The molecule has 0 fully saturated rings. The molecular formula is C47H36N2. The van der Waals surface area contributed by atoms with Gasteiger partial charge in [0, 0.05) is 38.6 Å². The van der Waals surface area contributed by atoms with Gasteiger partial charge in [-0.2, -0.15) is 0 Å². The van der Waals surface area contributed by atoms with Crippen molar-refractivity contribution in [3.05, 3.63) is 173 Å². The molecule has 2 aliphatic rings. The second kappa shape index (κ2) is 10.6. The number of para-hydroxylation sites is 3. The van der Waals surface area contributed by atoms with Gasteiger partial charge in [-0.05, 0) is 100 Å². The van der Waals surface area contributed by atoms with Gasteiger partial charge >= 0.3 is 0 Å². The molecule has 8 aromatic rings. The van der Waals surface area contributed by atoms with Crippen LogP contribution in [0.15, 0.2) is 140 Å². The number of benzene rings is 6. The molecule has 234 valence electrons. The zero-order valence-corrected chi connectivity index (χ0v) is 27.8. The van der Waals surface area contributed by atoms with E-state index in [1.165, 1.54) is 88.7 Å². The summed E-state index contributed by atoms with van der Waals surface area (Å²) in [5.74, 6) is 0. The van der Waals surface area contributed by atoms with Crippen molar-refractivity contribution in [3.8, 4) is 22.5 Å². The molecule has 6 aromatic carbocycles. The molecule has 0 saturated carbocycles. The van der Waals surface area contributed by atoms with Crippen molar-refractivity contribution in [2.24, 2.45) is 0 Å². The smallest absolute Gasteiger partial charge is 0.0541 e. The molecule has 0 aliphatic heterocycles. The Morgan fingerprint density at radius 3 is 1.80 bits per heavy atom. The van der Waals surface area contributed by atoms with Gasteiger partial charge in [0.25, 0.3) is 0 Å². The first-order valence-electron chi connectivity index (χ1n) is 17.4. The summed E-state index contributed by atoms with van der Waals surface area (Å²) in [6, 6.07) is 49.3. The Hall–Kier alpha value is -5.86. The topological polar surface area (TPSA) is 9.86 Å². The number of aryl methyl sites for hydroxylation is 1. The Kier molecular flexibility index (Phi) is 6.08. The van der Waals surface area contributed by atoms with Crippen LogP contribution in [-0.2, 0) is 11.8 Å². The van der Waals surface area contributed by atoms with Crippen molar-refractivity contribution < 1.29 is 0 Å². The van der Waals surface area contributed by atoms with Crippen LogP contribution in [0.5, 0.6) is 0 Å². The Morgan fingerprint density at radius 2 is 1.08 bits per heavy atom. The van der Waals surface area contributed by atoms with Crippen molar-refractivity contribution in [1.29, 1.82) is 0 Å². The Bertz CT molecular complexity index is 2620. The second-order valence-corrected chi connectivity index (χ2v) is 14.1. The fourth-order valence-corrected chi connectivity index (χ4v) is 8.58. The number of rotatable bonds is 4. The SMILES string of the molecule is CC1(C)c2cc(/C=C/c3ccc(-n4c5c(c6ccccc64)CCC=C5)cc3)ccc2-c2ccc(-n3c4ccccc4c4ccccc43)cc21. The summed E-state index contributed by atoms with van der Waals surface area (Å²) >= 11 is 0. The van der Waals surface area contributed by atoms with Crippen LogP contribution in [0.25, 0.3) is 73.4 Å². The molecule has 0 bridgehead atoms. The second-order valence-electron chi connectivity index (χ2n) is 14.1. The van der Waals surface area contributed by atoms with E-state index in [4.69, 9.17) is 0 Å². The average Bonchev–Trinajstić information content (AvgIpc) is 3.74. The van der Waals surface area contributed by atoms with E-state index in [1.54, 1.807) is 0 Å². The maximum absolute atomic E-state index is 2.42. The van der Waals surface area contributed by atoms with Crippen LogP contribution in [0.3, 0.4) is 0 Å². The first kappa shape index (κ1) is 28.2. The number of hydrogen-bond donors (Lipinski definition) is 0. The molecule has 49 heavy (non-hydrogen) atoms. The third-order valence-corrected chi connectivity index (χ3v) is 11.0. The van der Waals surface area contributed by atoms with Crippen molar-refractivity contribution in [2.45, 2.75) is 32.1 Å². The summed E-state index contributed by atoms with van der Waals surface area (Å²) in [5.41, 5.74) is 16.7. The highest BCUT2D eigenvalue weighted by Gasteiger charge is 2.36. The van der Waals surface area contributed by atoms with Gasteiger partial charge < -0.3 is 9.13 Å². The van der Waals surface area contributed by atoms with E-state index in [1.807, 2.05) is 0 Å². The predicted molar refractivity (Wildman–Crippen MR) is 208 cm³/mol. The molecule has 2 aromatic heterocycles. The maximum atomic E-state index is 2.42. The largest absolute Gasteiger partial charge is 0.310 e. The van der Waals surface area contributed by atoms with Crippen LogP contribution < -0.4 is 0 Å². The number of fused-ring (bicyclic) bond motifs is 9. The maximum Gasteiger partial charge on any atom is 0.0541 e. The standard InChI is InChI=1S/C47H36N2/c1-47(2)41-29-32(20-19-31-21-24-33(25-22-31)48-43-15-7-3-11-37(43)38-12-4-8-16-44(38)48)23-27-35(41)36-28-26-34(30-42(36)47)49-45-17-9-5-13-39(45)40-14-6-10-18-46(40)49/h3,5-11,13-30H,4,12H2,1-2H3/b20-19+. The molecule has 2 nitrogen and oxygen atoms in total. The van der Waals surface area contributed by atoms with Gasteiger partial charge in [0.15, 0.2) is 0 Å². The van der Waals surface area contributed by atoms with Crippen LogP contribution in [0.4, 0.5) is 0 Å². The molecule has 0 radical (unpaired) electrons. The van der Waals surface area contributed by atoms with Gasteiger partial charge in [-0.1, -0.05) is 123 Å². The lowest BCUT2D eigenvalue weighted by Crippen LogP contribution is -2.15. The fourth-order valence-electron chi connectivity index (χ4n) is 8.58. The summed E-state index contributed by atoms with van der Waals surface area (Å²) in [6.07, 6.45) is 11.3. The zero-order valence-electron chi connectivity index (χ0n) is 27.8. The van der Waals surface area contributed by atoms with Crippen LogP contribution in [0.1, 0.15) is 53.8 Å². The summed E-state index contributed by atoms with van der Waals surface area (Å²) in [5, 5.41) is 3.96. The molecule has 10 rings (SSSR count). The molecule has 0 N–H and O–H groups in total. The minimum Gasteiger partial charge on any atom is -0.310 e. The van der Waals surface area contributed by atoms with Gasteiger partial charge in [0.05, 0.1) is 16.6 Å². The fraction of sp³-hybridized carbons (Fsp3) is 0.106. The Labute approximate surface area is 286 Å². The number of allylic oxidation sites excluding steroid dienone is 1. The van der Waals surface area contributed by atoms with Crippen molar-refractivity contribution in [1.82, 2.24) is 9.13 Å². The first-order valence-corrected chi connectivity index (χ1v) is 17.4. The zero-order chi connectivity index (χ0) is 32.7. The van der Waals surface area contributed by atoms with Crippen LogP contribution in [-0.4, -0.2) is 9.13 Å². The van der Waals surface area contributed by atoms with E-state index < -0.39 is 0 Å². The lowest BCUT2D eigenvalue weighted by Gasteiger charge is -2.22. The third-order valence-electron chi connectivity index (χ3n) is 11.0. The normalized spacial score (nSPS) is 14.6. The van der Waals surface area contributed by atoms with Gasteiger partial charge in [0.1, 0.15) is 0 Å². The van der Waals surface area contributed by atoms with Gasteiger partial charge in [-0.15, -0.1) is 0 Å². The highest BCUT2D eigenvalue weighted by Crippen LogP contribution is 2.50. The molecule has 0 saturated heterocycles. The summed E-state index contributed by atoms with van der Waals surface area (Å²) in [6.45, 7) is 4.75. The summed E-state index contributed by atoms with van der Waals surface area (Å²) in [7, 11) is 0. The third kappa shape index (κ3) is 4.20. The van der Waals surface area contributed by atoms with E-state index in [0.29, 0.717) is 0 Å². The van der Waals surface area contributed by atoms with Crippen LogP contribution >= 0.6 is 0 Å². The molecule has 2 aliphatic carbocycles. The first-order chi connectivity index (χ1) is 24.1.